The third-order valence-electron chi connectivity index (χ3n) is 2.08. The van der Waals surface area contributed by atoms with Crippen LogP contribution in [0.4, 0.5) is 5.69 Å². The first-order valence-corrected chi connectivity index (χ1v) is 7.37. The van der Waals surface area contributed by atoms with Gasteiger partial charge >= 0.3 is 0 Å². The van der Waals surface area contributed by atoms with Gasteiger partial charge in [0.15, 0.2) is 5.03 Å². The van der Waals surface area contributed by atoms with E-state index < -0.39 is 10.0 Å². The molecular formula is C9H8BrClN4O2S. The molecule has 0 spiro atoms. The molecule has 0 atom stereocenters. The largest absolute Gasteiger partial charge is 0.280 e. The number of halogens is 2. The van der Waals surface area contributed by atoms with Crippen molar-refractivity contribution in [3.05, 3.63) is 34.2 Å². The Bertz CT molecular complexity index is 649. The van der Waals surface area contributed by atoms with Gasteiger partial charge in [0.05, 0.1) is 23.1 Å². The maximum atomic E-state index is 12.1. The van der Waals surface area contributed by atoms with E-state index in [1.807, 2.05) is 0 Å². The van der Waals surface area contributed by atoms with Gasteiger partial charge < -0.3 is 0 Å². The first-order chi connectivity index (χ1) is 8.40. The summed E-state index contributed by atoms with van der Waals surface area (Å²) in [6, 6.07) is 3.21. The highest BCUT2D eigenvalue weighted by atomic mass is 79.9. The van der Waals surface area contributed by atoms with Crippen LogP contribution in [0.25, 0.3) is 0 Å². The van der Waals surface area contributed by atoms with Gasteiger partial charge in [-0.1, -0.05) is 11.6 Å². The number of aryl methyl sites for hydroxylation is 1. The van der Waals surface area contributed by atoms with Crippen LogP contribution in [0.5, 0.6) is 0 Å². The Hall–Kier alpha value is -1.12. The molecule has 2 rings (SSSR count). The molecular weight excluding hydrogens is 344 g/mol. The van der Waals surface area contributed by atoms with Gasteiger partial charge in [0.2, 0.25) is 0 Å². The van der Waals surface area contributed by atoms with Crippen molar-refractivity contribution < 1.29 is 8.42 Å². The highest BCUT2D eigenvalue weighted by Gasteiger charge is 2.22. The number of hydrogen-bond donors (Lipinski definition) is 1. The van der Waals surface area contributed by atoms with Crippen molar-refractivity contribution in [2.24, 2.45) is 7.05 Å². The Morgan fingerprint density at radius 3 is 2.61 bits per heavy atom. The van der Waals surface area contributed by atoms with Gasteiger partial charge in [0, 0.05) is 7.05 Å². The molecule has 0 saturated carbocycles. The second-order valence-electron chi connectivity index (χ2n) is 3.40. The minimum Gasteiger partial charge on any atom is -0.277 e. The van der Waals surface area contributed by atoms with Crippen LogP contribution >= 0.6 is 27.5 Å². The number of hydrogen-bond acceptors (Lipinski definition) is 4. The number of anilines is 1. The Balaban J connectivity index is 2.36. The fourth-order valence-electron chi connectivity index (χ4n) is 1.34. The van der Waals surface area contributed by atoms with Gasteiger partial charge in [-0.15, -0.1) is 0 Å². The summed E-state index contributed by atoms with van der Waals surface area (Å²) in [6.07, 6.45) is 2.67. The van der Waals surface area contributed by atoms with Crippen LogP contribution in [0.15, 0.2) is 34.2 Å². The number of pyridine rings is 1. The number of sulfonamides is 1. The van der Waals surface area contributed by atoms with E-state index in [0.717, 1.165) is 0 Å². The third-order valence-corrected chi connectivity index (χ3v) is 4.43. The van der Waals surface area contributed by atoms with Crippen molar-refractivity contribution >= 4 is 43.2 Å². The van der Waals surface area contributed by atoms with E-state index in [9.17, 15) is 8.42 Å². The molecule has 9 heteroatoms. The van der Waals surface area contributed by atoms with Crippen LogP contribution < -0.4 is 4.72 Å². The predicted octanol–water partition coefficient (Wildman–Crippen LogP) is 2.03. The predicted molar refractivity (Wildman–Crippen MR) is 71.0 cm³/mol. The average Bonchev–Trinajstić information content (AvgIpc) is 2.62. The Morgan fingerprint density at radius 1 is 1.39 bits per heavy atom. The van der Waals surface area contributed by atoms with Crippen LogP contribution in [-0.4, -0.2) is 23.2 Å². The maximum absolute atomic E-state index is 12.1. The molecule has 0 aliphatic heterocycles. The second kappa shape index (κ2) is 4.87. The number of rotatable bonds is 3. The minimum absolute atomic E-state index is 0.0649. The lowest BCUT2D eigenvalue weighted by Crippen LogP contribution is -2.17. The molecule has 2 heterocycles. The summed E-state index contributed by atoms with van der Waals surface area (Å²) >= 11 is 8.96. The van der Waals surface area contributed by atoms with E-state index in [1.165, 1.54) is 24.1 Å². The first kappa shape index (κ1) is 13.3. The summed E-state index contributed by atoms with van der Waals surface area (Å²) in [5.41, 5.74) is 0.343. The normalized spacial score (nSPS) is 11.5. The van der Waals surface area contributed by atoms with Crippen LogP contribution in [0.3, 0.4) is 0 Å². The highest BCUT2D eigenvalue weighted by Crippen LogP contribution is 2.22. The van der Waals surface area contributed by atoms with E-state index in [2.05, 4.69) is 30.7 Å². The number of nitrogens with one attached hydrogen (secondary N) is 1. The lowest BCUT2D eigenvalue weighted by Gasteiger charge is -2.08. The Morgan fingerprint density at radius 2 is 2.11 bits per heavy atom. The van der Waals surface area contributed by atoms with Crippen molar-refractivity contribution in [2.75, 3.05) is 4.72 Å². The van der Waals surface area contributed by atoms with E-state index in [4.69, 9.17) is 11.6 Å². The molecule has 0 aromatic carbocycles. The topological polar surface area (TPSA) is 76.9 Å². The summed E-state index contributed by atoms with van der Waals surface area (Å²) in [4.78, 5) is 3.92. The molecule has 0 saturated heterocycles. The molecule has 96 valence electrons. The van der Waals surface area contributed by atoms with Crippen LogP contribution in [0.2, 0.25) is 5.02 Å². The van der Waals surface area contributed by atoms with E-state index in [-0.39, 0.29) is 10.0 Å². The van der Waals surface area contributed by atoms with Gasteiger partial charge in [-0.3, -0.25) is 9.40 Å². The molecule has 6 nitrogen and oxygen atoms in total. The van der Waals surface area contributed by atoms with Crippen molar-refractivity contribution in [3.63, 3.8) is 0 Å². The molecule has 18 heavy (non-hydrogen) atoms. The lowest BCUT2D eigenvalue weighted by molar-refractivity contribution is 0.582. The monoisotopic (exact) mass is 350 g/mol. The maximum Gasteiger partial charge on any atom is 0.280 e. The summed E-state index contributed by atoms with van der Waals surface area (Å²) in [5.74, 6) is 0. The molecule has 0 radical (unpaired) electrons. The van der Waals surface area contributed by atoms with E-state index in [0.29, 0.717) is 10.3 Å². The molecule has 0 unspecified atom stereocenters. The molecule has 0 aliphatic rings. The molecule has 0 fully saturated rings. The SMILES string of the molecule is Cn1ncc(Cl)c1S(=O)(=O)Nc1ccc(Br)nc1. The van der Waals surface area contributed by atoms with Crippen LogP contribution in [0.1, 0.15) is 0 Å². The fourth-order valence-corrected chi connectivity index (χ4v) is 3.28. The fraction of sp³-hybridized carbons (Fsp3) is 0.111. The highest BCUT2D eigenvalue weighted by molar-refractivity contribution is 9.10. The summed E-state index contributed by atoms with van der Waals surface area (Å²) in [5, 5.41) is 3.75. The van der Waals surface area contributed by atoms with Crippen molar-refractivity contribution in [3.8, 4) is 0 Å². The Kier molecular flexibility index (Phi) is 3.60. The van der Waals surface area contributed by atoms with Gasteiger partial charge in [-0.25, -0.2) is 4.98 Å². The van der Waals surface area contributed by atoms with Gasteiger partial charge in [0.25, 0.3) is 10.0 Å². The van der Waals surface area contributed by atoms with Gasteiger partial charge in [-0.05, 0) is 28.1 Å². The summed E-state index contributed by atoms with van der Waals surface area (Å²) in [6.45, 7) is 0. The number of nitrogens with zero attached hydrogens (tertiary/aromatic N) is 3. The Labute approximate surface area is 117 Å². The second-order valence-corrected chi connectivity index (χ2v) is 6.21. The molecule has 2 aromatic rings. The van der Waals surface area contributed by atoms with Crippen molar-refractivity contribution in [2.45, 2.75) is 5.03 Å². The zero-order valence-electron chi connectivity index (χ0n) is 9.13. The minimum atomic E-state index is -3.78. The zero-order chi connectivity index (χ0) is 13.3. The lowest BCUT2D eigenvalue weighted by atomic mass is 10.4. The smallest absolute Gasteiger partial charge is 0.277 e. The molecule has 0 aliphatic carbocycles. The first-order valence-electron chi connectivity index (χ1n) is 4.72. The van der Waals surface area contributed by atoms with Gasteiger partial charge in [-0.2, -0.15) is 13.5 Å². The zero-order valence-corrected chi connectivity index (χ0v) is 12.3. The number of aromatic nitrogens is 3. The van der Waals surface area contributed by atoms with E-state index in [1.54, 1.807) is 12.1 Å². The molecule has 0 bridgehead atoms. The summed E-state index contributed by atoms with van der Waals surface area (Å²) in [7, 11) is -2.28. The van der Waals surface area contributed by atoms with Crippen LogP contribution in [0, 0.1) is 0 Å². The molecule has 0 amide bonds. The molecule has 1 N–H and O–H groups in total. The summed E-state index contributed by atoms with van der Waals surface area (Å²) < 4.78 is 28.4. The quantitative estimate of drug-likeness (QED) is 0.858. The van der Waals surface area contributed by atoms with Gasteiger partial charge in [0.1, 0.15) is 4.60 Å². The van der Waals surface area contributed by atoms with Crippen molar-refractivity contribution in [1.82, 2.24) is 14.8 Å². The average molecular weight is 352 g/mol. The van der Waals surface area contributed by atoms with Crippen LogP contribution in [-0.2, 0) is 17.1 Å². The standard InChI is InChI=1S/C9H8BrClN4O2S/c1-15-9(7(11)5-13-15)18(16,17)14-6-2-3-8(10)12-4-6/h2-5,14H,1H3. The van der Waals surface area contributed by atoms with Crippen molar-refractivity contribution in [1.29, 1.82) is 0 Å². The third kappa shape index (κ3) is 2.65. The van der Waals surface area contributed by atoms with E-state index >= 15 is 0 Å². The molecule has 2 aromatic heterocycles.